The predicted octanol–water partition coefficient (Wildman–Crippen LogP) is 2.53. The van der Waals surface area contributed by atoms with E-state index >= 15 is 0 Å². The monoisotopic (exact) mass is 483 g/mol. The number of benzene rings is 2. The van der Waals surface area contributed by atoms with Gasteiger partial charge in [0.1, 0.15) is 23.3 Å². The molecule has 0 saturated heterocycles. The molecule has 0 aliphatic carbocycles. The van der Waals surface area contributed by atoms with Crippen molar-refractivity contribution in [3.8, 4) is 17.2 Å². The lowest BCUT2D eigenvalue weighted by Gasteiger charge is -2.33. The number of hydrogen-bond donors (Lipinski definition) is 1. The number of likely N-dealkylation sites (N-methyl/N-ethyl adjacent to an activating group) is 1. The third-order valence-electron chi connectivity index (χ3n) is 5.98. The summed E-state index contributed by atoms with van der Waals surface area (Å²) < 4.78 is 16.3. The molecule has 0 bridgehead atoms. The molecule has 0 fully saturated rings. The van der Waals surface area contributed by atoms with Crippen LogP contribution in [0.2, 0.25) is 0 Å². The fraction of sp³-hybridized carbons (Fsp3) is 0.423. The molecule has 9 nitrogen and oxygen atoms in total. The van der Waals surface area contributed by atoms with Crippen molar-refractivity contribution >= 4 is 23.3 Å². The van der Waals surface area contributed by atoms with Gasteiger partial charge in [0.05, 0.1) is 12.8 Å². The fourth-order valence-electron chi connectivity index (χ4n) is 3.82. The number of carbonyl (C=O) groups excluding carboxylic acids is 3. The Morgan fingerprint density at radius 3 is 2.46 bits per heavy atom. The van der Waals surface area contributed by atoms with Gasteiger partial charge in [0.25, 0.3) is 5.91 Å². The highest BCUT2D eigenvalue weighted by Gasteiger charge is 2.33. The molecule has 1 aliphatic rings. The molecule has 188 valence electrons. The highest BCUT2D eigenvalue weighted by molar-refractivity contribution is 6.05. The van der Waals surface area contributed by atoms with Crippen molar-refractivity contribution in [2.24, 2.45) is 0 Å². The van der Waals surface area contributed by atoms with Crippen LogP contribution in [0.3, 0.4) is 0 Å². The van der Waals surface area contributed by atoms with Crippen LogP contribution >= 0.6 is 0 Å². The molecule has 2 aromatic carbocycles. The van der Waals surface area contributed by atoms with Crippen LogP contribution in [-0.4, -0.2) is 75.0 Å². The Labute approximate surface area is 205 Å². The summed E-state index contributed by atoms with van der Waals surface area (Å²) in [5, 5.41) is 2.90. The summed E-state index contributed by atoms with van der Waals surface area (Å²) in [6.45, 7) is 8.46. The molecule has 2 amide bonds. The molecule has 0 saturated carbocycles. The second-order valence-corrected chi connectivity index (χ2v) is 8.12. The first-order valence-corrected chi connectivity index (χ1v) is 11.8. The van der Waals surface area contributed by atoms with Crippen LogP contribution in [0.25, 0.3) is 0 Å². The summed E-state index contributed by atoms with van der Waals surface area (Å²) in [6.07, 6.45) is 0. The van der Waals surface area contributed by atoms with Crippen molar-refractivity contribution in [1.82, 2.24) is 10.2 Å². The van der Waals surface area contributed by atoms with Gasteiger partial charge in [-0.2, -0.15) is 0 Å². The van der Waals surface area contributed by atoms with Gasteiger partial charge in [-0.05, 0) is 62.5 Å². The van der Waals surface area contributed by atoms with E-state index in [1.54, 1.807) is 56.5 Å². The summed E-state index contributed by atoms with van der Waals surface area (Å²) in [7, 11) is 1.57. The van der Waals surface area contributed by atoms with Crippen molar-refractivity contribution in [3.05, 3.63) is 48.0 Å². The molecule has 0 aromatic heterocycles. The largest absolute Gasteiger partial charge is 0.497 e. The number of carbonyl (C=O) groups is 3. The number of anilines is 1. The van der Waals surface area contributed by atoms with Crippen LogP contribution in [0.4, 0.5) is 5.69 Å². The summed E-state index contributed by atoms with van der Waals surface area (Å²) in [6, 6.07) is 11.0. The molecule has 1 N–H and O–H groups in total. The average Bonchev–Trinajstić information content (AvgIpc) is 2.89. The number of hydrogen-bond acceptors (Lipinski definition) is 7. The first-order chi connectivity index (χ1) is 16.9. The maximum Gasteiger partial charge on any atom is 0.265 e. The number of fused-ring (bicyclic) bond motifs is 1. The van der Waals surface area contributed by atoms with E-state index in [1.807, 2.05) is 0 Å². The number of amides is 2. The summed E-state index contributed by atoms with van der Waals surface area (Å²) in [4.78, 5) is 41.9. The molecular weight excluding hydrogens is 450 g/mol. The van der Waals surface area contributed by atoms with E-state index in [0.29, 0.717) is 35.0 Å². The van der Waals surface area contributed by atoms with Crippen molar-refractivity contribution in [1.29, 1.82) is 0 Å². The van der Waals surface area contributed by atoms with Crippen molar-refractivity contribution in [3.63, 3.8) is 0 Å². The number of methoxy groups -OCH3 is 1. The van der Waals surface area contributed by atoms with E-state index in [0.717, 1.165) is 19.6 Å². The smallest absolute Gasteiger partial charge is 0.265 e. The summed E-state index contributed by atoms with van der Waals surface area (Å²) in [5.74, 6) is 0.792. The van der Waals surface area contributed by atoms with E-state index in [4.69, 9.17) is 14.2 Å². The predicted molar refractivity (Wildman–Crippen MR) is 133 cm³/mol. The van der Waals surface area contributed by atoms with Crippen LogP contribution in [0.5, 0.6) is 17.2 Å². The van der Waals surface area contributed by atoms with Gasteiger partial charge in [-0.3, -0.25) is 19.3 Å². The maximum atomic E-state index is 12.8. The van der Waals surface area contributed by atoms with Gasteiger partial charge in [0, 0.05) is 18.7 Å². The van der Waals surface area contributed by atoms with Gasteiger partial charge >= 0.3 is 0 Å². The lowest BCUT2D eigenvalue weighted by atomic mass is 10.1. The van der Waals surface area contributed by atoms with E-state index < -0.39 is 6.04 Å². The number of nitrogens with zero attached hydrogens (tertiary/aromatic N) is 2. The molecular formula is C26H33N3O6. The Morgan fingerprint density at radius 2 is 1.80 bits per heavy atom. The minimum absolute atomic E-state index is 0.169. The highest BCUT2D eigenvalue weighted by atomic mass is 16.5. The van der Waals surface area contributed by atoms with Crippen molar-refractivity contribution in [2.75, 3.05) is 51.4 Å². The Morgan fingerprint density at radius 1 is 1.11 bits per heavy atom. The number of Topliss-reactive ketones (excluding diaryl/α,β-unsaturated/α-hetero) is 1. The average molecular weight is 484 g/mol. The van der Waals surface area contributed by atoms with Gasteiger partial charge < -0.3 is 24.4 Å². The quantitative estimate of drug-likeness (QED) is 0.464. The van der Waals surface area contributed by atoms with Gasteiger partial charge in [-0.25, -0.2) is 0 Å². The van der Waals surface area contributed by atoms with Crippen LogP contribution in [0.1, 0.15) is 31.1 Å². The second-order valence-electron chi connectivity index (χ2n) is 8.12. The van der Waals surface area contributed by atoms with Crippen LogP contribution < -0.4 is 24.4 Å². The fourth-order valence-corrected chi connectivity index (χ4v) is 3.82. The zero-order valence-electron chi connectivity index (χ0n) is 20.7. The maximum absolute atomic E-state index is 12.8. The van der Waals surface area contributed by atoms with Crippen LogP contribution in [-0.2, 0) is 9.59 Å². The molecule has 35 heavy (non-hydrogen) atoms. The molecule has 9 heteroatoms. The Hall–Kier alpha value is -3.59. The Bertz CT molecular complexity index is 1040. The Balaban J connectivity index is 1.69. The zero-order chi connectivity index (χ0) is 25.4. The molecule has 0 unspecified atom stereocenters. The number of rotatable bonds is 12. The van der Waals surface area contributed by atoms with Crippen LogP contribution in [0, 0.1) is 0 Å². The standard InChI is InChI=1S/C26H33N3O6/c1-5-28(6-2)14-13-27-26(32)18(3)29-22-15-19(7-12-24(22)35-17-25(29)31)23(30)16-34-21-10-8-20(33-4)9-11-21/h7-12,15,18H,5-6,13-14,16-17H2,1-4H3,(H,27,32)/t18-/m1/s1. The van der Waals surface area contributed by atoms with Gasteiger partial charge in [0.15, 0.2) is 19.0 Å². The van der Waals surface area contributed by atoms with Gasteiger partial charge in [-0.15, -0.1) is 0 Å². The number of ether oxygens (including phenoxy) is 3. The van der Waals surface area contributed by atoms with Crippen LogP contribution in [0.15, 0.2) is 42.5 Å². The molecule has 1 atom stereocenters. The van der Waals surface area contributed by atoms with Crippen molar-refractivity contribution < 1.29 is 28.6 Å². The normalized spacial score (nSPS) is 13.6. The lowest BCUT2D eigenvalue weighted by molar-refractivity contribution is -0.127. The minimum atomic E-state index is -0.761. The van der Waals surface area contributed by atoms with E-state index in [9.17, 15) is 14.4 Å². The highest BCUT2D eigenvalue weighted by Crippen LogP contribution is 2.34. The van der Waals surface area contributed by atoms with Gasteiger partial charge in [0.2, 0.25) is 5.91 Å². The van der Waals surface area contributed by atoms with Crippen molar-refractivity contribution in [2.45, 2.75) is 26.8 Å². The SMILES string of the molecule is CCN(CC)CCNC(=O)[C@@H](C)N1C(=O)COc2ccc(C(=O)COc3ccc(OC)cc3)cc21. The molecule has 1 aliphatic heterocycles. The van der Waals surface area contributed by atoms with E-state index in [2.05, 4.69) is 24.1 Å². The molecule has 2 aromatic rings. The minimum Gasteiger partial charge on any atom is -0.497 e. The molecule has 0 radical (unpaired) electrons. The first-order valence-electron chi connectivity index (χ1n) is 11.8. The number of nitrogens with one attached hydrogen (secondary N) is 1. The topological polar surface area (TPSA) is 97.4 Å². The second kappa shape index (κ2) is 12.2. The summed E-state index contributed by atoms with van der Waals surface area (Å²) in [5.41, 5.74) is 0.748. The first kappa shape index (κ1) is 26.0. The molecule has 1 heterocycles. The Kier molecular flexibility index (Phi) is 9.08. The third-order valence-corrected chi connectivity index (χ3v) is 5.98. The van der Waals surface area contributed by atoms with E-state index in [-0.39, 0.29) is 30.8 Å². The number of ketones is 1. The third kappa shape index (κ3) is 6.51. The zero-order valence-corrected chi connectivity index (χ0v) is 20.7. The van der Waals surface area contributed by atoms with Gasteiger partial charge in [-0.1, -0.05) is 13.8 Å². The molecule has 3 rings (SSSR count). The van der Waals surface area contributed by atoms with E-state index in [1.165, 1.54) is 4.90 Å². The molecule has 0 spiro atoms. The lowest BCUT2D eigenvalue weighted by Crippen LogP contribution is -2.52. The summed E-state index contributed by atoms with van der Waals surface area (Å²) >= 11 is 0.